The van der Waals surface area contributed by atoms with Crippen LogP contribution < -0.4 is 64.2 Å². The number of unbranched alkanes of at least 4 members (excludes halogenated alkanes) is 25. The van der Waals surface area contributed by atoms with Crippen LogP contribution in [-0.2, 0) is 80.0 Å². The predicted molar refractivity (Wildman–Crippen MR) is 426 cm³/mol. The number of carbonyl (C=O) groups is 14. The third-order valence-corrected chi connectivity index (χ3v) is 19.4. The van der Waals surface area contributed by atoms with Crippen molar-refractivity contribution in [2.75, 3.05) is 26.7 Å². The minimum Gasteiger partial charge on any atom is -0.481 e. The molecule has 7 atom stereocenters. The monoisotopic (exact) mass is 1550 g/mol. The number of carboxylic acid groups (broad SMARTS) is 2. The number of rotatable bonds is 64. The van der Waals surface area contributed by atoms with E-state index in [1.54, 1.807) is 54.6 Å². The summed E-state index contributed by atoms with van der Waals surface area (Å²) in [5.41, 5.74) is 7.02. The lowest BCUT2D eigenvalue weighted by Gasteiger charge is -2.27. The standard InChI is InChI=1S/C82H131N13O16/c1-6-8-10-12-14-16-18-20-22-24-26-28-33-44-70(97)85-48-38-37-43-62(89-71(98)45-34-29-27-25-23-21-19-17-15-13-11-9-7-2)77(106)87-55-73(100)91-67(52-74(101)102)81(110)94-66(51-59-54-86-61-42-36-35-41-60(59)61)80(109)95-68(53-75(103)104)82(111)92-63(46-47-69(83)96)79(108)93-65(50-58-39-31-30-32-40-58)78(107)88-56-72(99)90-64(49-57(3)4)76(105)84-5/h30-32,35-36,39-42,54,57,62-68,86H,6-29,33-34,37-38,43-53,55-56H2,1-5H3,(H2,83,96)(H,84,105)(H,85,97)(H,87,106)(H,88,107)(H,89,98)(H,90,99)(H,91,100)(H,92,111)(H,93,108)(H,94,110)(H,95,109)(H,101,102)(H,103,104). The number of nitrogens with two attached hydrogens (primary N) is 1. The summed E-state index contributed by atoms with van der Waals surface area (Å²) in [6.07, 6.45) is 29.6. The first-order valence-electron chi connectivity index (χ1n) is 40.8. The second-order valence-electron chi connectivity index (χ2n) is 29.6. The summed E-state index contributed by atoms with van der Waals surface area (Å²) in [7, 11) is 1.41. The van der Waals surface area contributed by atoms with Gasteiger partial charge in [-0.25, -0.2) is 0 Å². The molecule has 7 unspecified atom stereocenters. The molecule has 29 nitrogen and oxygen atoms in total. The first kappa shape index (κ1) is 95.8. The van der Waals surface area contributed by atoms with Crippen LogP contribution in [0.4, 0.5) is 0 Å². The second-order valence-corrected chi connectivity index (χ2v) is 29.6. The number of benzene rings is 2. The molecule has 3 rings (SSSR count). The molecule has 0 spiro atoms. The summed E-state index contributed by atoms with van der Waals surface area (Å²) in [4.78, 5) is 192. The predicted octanol–water partition coefficient (Wildman–Crippen LogP) is 7.84. The Hall–Kier alpha value is -9.44. The van der Waals surface area contributed by atoms with Gasteiger partial charge in [0, 0.05) is 62.8 Å². The Balaban J connectivity index is 1.79. The van der Waals surface area contributed by atoms with Gasteiger partial charge in [0.25, 0.3) is 0 Å². The molecule has 12 amide bonds. The van der Waals surface area contributed by atoms with E-state index in [1.165, 1.54) is 122 Å². The van der Waals surface area contributed by atoms with E-state index in [9.17, 15) is 77.3 Å². The number of para-hydroxylation sites is 1. The van der Waals surface area contributed by atoms with Crippen LogP contribution in [0.5, 0.6) is 0 Å². The fourth-order valence-electron chi connectivity index (χ4n) is 13.1. The van der Waals surface area contributed by atoms with Crippen molar-refractivity contribution >= 4 is 93.7 Å². The van der Waals surface area contributed by atoms with E-state index >= 15 is 0 Å². The first-order valence-corrected chi connectivity index (χ1v) is 40.8. The van der Waals surface area contributed by atoms with Gasteiger partial charge in [0.05, 0.1) is 25.9 Å². The smallest absolute Gasteiger partial charge is 0.305 e. The highest BCUT2D eigenvalue weighted by Crippen LogP contribution is 2.21. The Bertz CT molecular complexity index is 3330. The van der Waals surface area contributed by atoms with Crippen LogP contribution in [0.15, 0.2) is 60.8 Å². The number of carboxylic acids is 2. The Morgan fingerprint density at radius 3 is 1.29 bits per heavy atom. The second kappa shape index (κ2) is 57.6. The molecule has 1 aromatic heterocycles. The van der Waals surface area contributed by atoms with E-state index in [0.717, 1.165) is 51.4 Å². The van der Waals surface area contributed by atoms with Gasteiger partial charge in [0.1, 0.15) is 42.3 Å². The van der Waals surface area contributed by atoms with Crippen LogP contribution in [0.1, 0.15) is 270 Å². The highest BCUT2D eigenvalue weighted by atomic mass is 16.4. The molecule has 3 aromatic rings. The SMILES string of the molecule is CCCCCCCCCCCCCCCC(=O)NCCCCC(NC(=O)CCCCCCCCCCCCCCC)C(=O)NCC(=O)NC(CC(=O)O)C(=O)NC(Cc1c[nH]c2ccccc12)C(=O)NC(CC(=O)O)C(=O)NC(CCC(N)=O)C(=O)NC(Cc1ccccc1)C(=O)NCC(=O)NC(CC(C)C)C(=O)NC. The third kappa shape index (κ3) is 43.7. The number of primary amides is 1. The van der Waals surface area contributed by atoms with Crippen molar-refractivity contribution in [3.63, 3.8) is 0 Å². The van der Waals surface area contributed by atoms with Crippen LogP contribution in [0.25, 0.3) is 10.9 Å². The highest BCUT2D eigenvalue weighted by molar-refractivity contribution is 6.00. The van der Waals surface area contributed by atoms with Crippen LogP contribution in [0.3, 0.4) is 0 Å². The number of aromatic nitrogens is 1. The molecule has 1 heterocycles. The van der Waals surface area contributed by atoms with E-state index in [-0.39, 0.29) is 43.4 Å². The van der Waals surface area contributed by atoms with Crippen LogP contribution in [-0.4, -0.2) is 167 Å². The van der Waals surface area contributed by atoms with Crippen molar-refractivity contribution in [2.45, 2.75) is 314 Å². The molecule has 0 aliphatic heterocycles. The normalized spacial score (nSPS) is 13.0. The maximum Gasteiger partial charge on any atom is 0.305 e. The lowest BCUT2D eigenvalue weighted by molar-refractivity contribution is -0.142. The molecular weight excluding hydrogens is 1420 g/mol. The zero-order valence-electron chi connectivity index (χ0n) is 66.6. The summed E-state index contributed by atoms with van der Waals surface area (Å²) >= 11 is 0. The summed E-state index contributed by atoms with van der Waals surface area (Å²) < 4.78 is 0. The zero-order valence-corrected chi connectivity index (χ0v) is 66.6. The van der Waals surface area contributed by atoms with Crippen LogP contribution in [0, 0.1) is 5.92 Å². The van der Waals surface area contributed by atoms with Gasteiger partial charge in [-0.15, -0.1) is 0 Å². The molecule has 0 bridgehead atoms. The van der Waals surface area contributed by atoms with Crippen LogP contribution >= 0.6 is 0 Å². The third-order valence-electron chi connectivity index (χ3n) is 19.4. The molecule has 0 aliphatic rings. The number of carbonyl (C=O) groups excluding carboxylic acids is 12. The minimum absolute atomic E-state index is 0.00302. The van der Waals surface area contributed by atoms with Gasteiger partial charge in [0.2, 0.25) is 70.9 Å². The number of likely N-dealkylation sites (N-methyl/N-ethyl adjacent to an activating group) is 1. The Labute approximate surface area is 655 Å². The van der Waals surface area contributed by atoms with Gasteiger partial charge in [0.15, 0.2) is 0 Å². The number of fused-ring (bicyclic) bond motifs is 1. The highest BCUT2D eigenvalue weighted by Gasteiger charge is 2.36. The number of aliphatic carboxylic acids is 2. The minimum atomic E-state index is -2.05. The molecule has 0 radical (unpaired) electrons. The van der Waals surface area contributed by atoms with Gasteiger partial charge < -0.3 is 79.4 Å². The van der Waals surface area contributed by atoms with Crippen LogP contribution in [0.2, 0.25) is 0 Å². The topological polar surface area (TPSA) is 454 Å². The molecule has 2 aromatic carbocycles. The van der Waals surface area contributed by atoms with Crippen molar-refractivity contribution in [2.24, 2.45) is 11.7 Å². The van der Waals surface area contributed by atoms with Gasteiger partial charge >= 0.3 is 11.9 Å². The van der Waals surface area contributed by atoms with E-state index < -0.39 is 158 Å². The number of nitrogens with one attached hydrogen (secondary N) is 12. The molecule has 0 fully saturated rings. The molecule has 0 saturated carbocycles. The van der Waals surface area contributed by atoms with Gasteiger partial charge in [-0.3, -0.25) is 67.1 Å². The average Bonchev–Trinajstić information content (AvgIpc) is 1.73. The quantitative estimate of drug-likeness (QED) is 0.0239. The lowest BCUT2D eigenvalue weighted by atomic mass is 10.0. The van der Waals surface area contributed by atoms with Crippen molar-refractivity contribution in [1.82, 2.24) is 63.5 Å². The number of hydrogen-bond acceptors (Lipinski definition) is 14. The zero-order chi connectivity index (χ0) is 81.6. The van der Waals surface area contributed by atoms with Crippen molar-refractivity contribution in [3.05, 3.63) is 71.9 Å². The summed E-state index contributed by atoms with van der Waals surface area (Å²) in [5.74, 6) is -13.2. The van der Waals surface area contributed by atoms with E-state index in [4.69, 9.17) is 5.73 Å². The molecule has 16 N–H and O–H groups in total. The first-order chi connectivity index (χ1) is 53.3. The summed E-state index contributed by atoms with van der Waals surface area (Å²) in [6, 6.07) is 4.18. The number of H-pyrrole nitrogens is 1. The average molecular weight is 1560 g/mol. The van der Waals surface area contributed by atoms with E-state index in [0.29, 0.717) is 54.3 Å². The maximum absolute atomic E-state index is 14.7. The number of hydrogen-bond donors (Lipinski definition) is 15. The van der Waals surface area contributed by atoms with Gasteiger partial charge in [-0.1, -0.05) is 230 Å². The van der Waals surface area contributed by atoms with Crippen molar-refractivity contribution in [3.8, 4) is 0 Å². The van der Waals surface area contributed by atoms with E-state index in [2.05, 4.69) is 77.3 Å². The Morgan fingerprint density at radius 2 is 0.793 bits per heavy atom. The van der Waals surface area contributed by atoms with Gasteiger partial charge in [-0.2, -0.15) is 0 Å². The fraction of sp³-hybridized carbons (Fsp3) is 0.659. The number of amides is 12. The van der Waals surface area contributed by atoms with Gasteiger partial charge in [-0.05, 0) is 68.1 Å². The Morgan fingerprint density at radius 1 is 0.387 bits per heavy atom. The maximum atomic E-state index is 14.7. The number of aromatic amines is 1. The molecule has 29 heteroatoms. The summed E-state index contributed by atoms with van der Waals surface area (Å²) in [6.45, 7) is 7.05. The lowest BCUT2D eigenvalue weighted by Crippen LogP contribution is -2.60. The largest absolute Gasteiger partial charge is 0.481 e. The Kier molecular flexibility index (Phi) is 49.7. The molecule has 620 valence electrons. The fourth-order valence-corrected chi connectivity index (χ4v) is 13.1. The molecule has 111 heavy (non-hydrogen) atoms. The van der Waals surface area contributed by atoms with Crippen molar-refractivity contribution < 1.29 is 77.3 Å². The molecule has 0 saturated heterocycles. The van der Waals surface area contributed by atoms with E-state index in [1.807, 2.05) is 13.8 Å². The van der Waals surface area contributed by atoms with Crippen molar-refractivity contribution in [1.29, 1.82) is 0 Å². The molecule has 0 aliphatic carbocycles. The summed E-state index contributed by atoms with van der Waals surface area (Å²) in [5, 5.41) is 48.6. The molecular formula is C82H131N13O16.